The minimum absolute atomic E-state index is 0.0431. The number of aromatic nitrogens is 7. The van der Waals surface area contributed by atoms with Crippen molar-refractivity contribution in [1.29, 1.82) is 0 Å². The van der Waals surface area contributed by atoms with Gasteiger partial charge in [-0.25, -0.2) is 19.1 Å². The number of hydrogen-bond acceptors (Lipinski definition) is 7. The molecule has 3 aromatic heterocycles. The van der Waals surface area contributed by atoms with Crippen molar-refractivity contribution in [3.63, 3.8) is 0 Å². The predicted molar refractivity (Wildman–Crippen MR) is 97.2 cm³/mol. The zero-order valence-corrected chi connectivity index (χ0v) is 16.0. The van der Waals surface area contributed by atoms with Crippen molar-refractivity contribution in [3.05, 3.63) is 29.3 Å². The number of nitrogens with zero attached hydrogens (tertiary/aromatic N) is 7. The fourth-order valence-corrected chi connectivity index (χ4v) is 3.00. The highest BCUT2D eigenvalue weighted by Gasteiger charge is 2.28. The highest BCUT2D eigenvalue weighted by molar-refractivity contribution is 6.02. The summed E-state index contributed by atoms with van der Waals surface area (Å²) in [6.07, 6.45) is 3.80. The maximum atomic E-state index is 12.8. The summed E-state index contributed by atoms with van der Waals surface area (Å²) in [7, 11) is 0. The van der Waals surface area contributed by atoms with Crippen LogP contribution in [0.4, 0.5) is 0 Å². The van der Waals surface area contributed by atoms with Gasteiger partial charge in [-0.05, 0) is 49.1 Å². The SMILES string of the molecule is CC(C)c1cc(C(=O)OCc2nnnn2C2CC2)c2cnn(C(C)C)c2n1. The minimum atomic E-state index is -0.419. The topological polar surface area (TPSA) is 101 Å². The number of ether oxygens (including phenoxy) is 1. The second kappa shape index (κ2) is 6.71. The maximum Gasteiger partial charge on any atom is 0.339 e. The van der Waals surface area contributed by atoms with E-state index in [-0.39, 0.29) is 18.6 Å². The van der Waals surface area contributed by atoms with Crippen LogP contribution in [0.3, 0.4) is 0 Å². The first-order chi connectivity index (χ1) is 13.0. The van der Waals surface area contributed by atoms with Crippen LogP contribution in [-0.2, 0) is 11.3 Å². The zero-order valence-electron chi connectivity index (χ0n) is 16.0. The first kappa shape index (κ1) is 17.6. The van der Waals surface area contributed by atoms with E-state index in [1.807, 2.05) is 32.4 Å². The molecular formula is C18H23N7O2. The normalized spacial score (nSPS) is 14.4. The summed E-state index contributed by atoms with van der Waals surface area (Å²) in [6.45, 7) is 8.20. The zero-order chi connectivity index (χ0) is 19.1. The summed E-state index contributed by atoms with van der Waals surface area (Å²) in [5.41, 5.74) is 2.01. The number of fused-ring (bicyclic) bond motifs is 1. The van der Waals surface area contributed by atoms with Gasteiger partial charge >= 0.3 is 5.97 Å². The Bertz CT molecular complexity index is 985. The fourth-order valence-electron chi connectivity index (χ4n) is 3.00. The summed E-state index contributed by atoms with van der Waals surface area (Å²) in [5.74, 6) is 0.328. The van der Waals surface area contributed by atoms with E-state index < -0.39 is 5.97 Å². The van der Waals surface area contributed by atoms with Gasteiger partial charge in [-0.3, -0.25) is 0 Å². The van der Waals surface area contributed by atoms with Crippen molar-refractivity contribution in [3.8, 4) is 0 Å². The molecule has 9 nitrogen and oxygen atoms in total. The highest BCUT2D eigenvalue weighted by atomic mass is 16.5. The summed E-state index contributed by atoms with van der Waals surface area (Å²) in [5, 5.41) is 16.7. The maximum absolute atomic E-state index is 12.8. The van der Waals surface area contributed by atoms with Crippen LogP contribution in [0.5, 0.6) is 0 Å². The molecule has 0 radical (unpaired) electrons. The van der Waals surface area contributed by atoms with Gasteiger partial charge in [0, 0.05) is 11.7 Å². The van der Waals surface area contributed by atoms with Gasteiger partial charge in [-0.1, -0.05) is 13.8 Å². The van der Waals surface area contributed by atoms with E-state index in [1.165, 1.54) is 0 Å². The van der Waals surface area contributed by atoms with Crippen LogP contribution in [-0.4, -0.2) is 40.9 Å². The Morgan fingerprint density at radius 2 is 2.07 bits per heavy atom. The van der Waals surface area contributed by atoms with Crippen molar-refractivity contribution in [1.82, 2.24) is 35.0 Å². The van der Waals surface area contributed by atoms with E-state index in [2.05, 4.69) is 20.6 Å². The molecule has 9 heteroatoms. The molecule has 0 N–H and O–H groups in total. The number of tetrazole rings is 1. The first-order valence-electron chi connectivity index (χ1n) is 9.27. The number of hydrogen-bond donors (Lipinski definition) is 0. The lowest BCUT2D eigenvalue weighted by molar-refractivity contribution is 0.0458. The quantitative estimate of drug-likeness (QED) is 0.616. The predicted octanol–water partition coefficient (Wildman–Crippen LogP) is 2.81. The van der Waals surface area contributed by atoms with Crippen molar-refractivity contribution in [2.45, 2.75) is 65.1 Å². The van der Waals surface area contributed by atoms with Crippen LogP contribution >= 0.6 is 0 Å². The molecule has 3 aromatic rings. The lowest BCUT2D eigenvalue weighted by Gasteiger charge is -2.12. The van der Waals surface area contributed by atoms with Gasteiger partial charge in [0.25, 0.3) is 0 Å². The van der Waals surface area contributed by atoms with Crippen LogP contribution in [0.25, 0.3) is 11.0 Å². The van der Waals surface area contributed by atoms with E-state index in [9.17, 15) is 4.79 Å². The van der Waals surface area contributed by atoms with Crippen LogP contribution in [0.15, 0.2) is 12.3 Å². The number of carbonyl (C=O) groups excluding carboxylic acids is 1. The molecule has 0 bridgehead atoms. The summed E-state index contributed by atoms with van der Waals surface area (Å²) < 4.78 is 9.10. The Hall–Kier alpha value is -2.84. The molecule has 0 amide bonds. The molecule has 0 aromatic carbocycles. The Kier molecular flexibility index (Phi) is 4.37. The van der Waals surface area contributed by atoms with Crippen molar-refractivity contribution in [2.24, 2.45) is 0 Å². The average Bonchev–Trinajstić information content (AvgIpc) is 3.21. The van der Waals surface area contributed by atoms with E-state index in [1.54, 1.807) is 16.9 Å². The average molecular weight is 369 g/mol. The Morgan fingerprint density at radius 1 is 1.30 bits per heavy atom. The van der Waals surface area contributed by atoms with E-state index >= 15 is 0 Å². The number of rotatable bonds is 6. The first-order valence-corrected chi connectivity index (χ1v) is 9.27. The van der Waals surface area contributed by atoms with Crippen molar-refractivity contribution in [2.75, 3.05) is 0 Å². The fraction of sp³-hybridized carbons (Fsp3) is 0.556. The van der Waals surface area contributed by atoms with Crippen LogP contribution < -0.4 is 0 Å². The van der Waals surface area contributed by atoms with Crippen LogP contribution in [0.1, 0.15) is 80.4 Å². The molecule has 27 heavy (non-hydrogen) atoms. The lowest BCUT2D eigenvalue weighted by atomic mass is 10.1. The Morgan fingerprint density at radius 3 is 2.74 bits per heavy atom. The van der Waals surface area contributed by atoms with Gasteiger partial charge < -0.3 is 4.74 Å². The second-order valence-electron chi connectivity index (χ2n) is 7.52. The molecule has 4 rings (SSSR count). The molecule has 1 saturated carbocycles. The molecule has 3 heterocycles. The van der Waals surface area contributed by atoms with E-state index in [0.29, 0.717) is 28.5 Å². The van der Waals surface area contributed by atoms with Gasteiger partial charge in [-0.2, -0.15) is 5.10 Å². The Labute approximate surface area is 156 Å². The molecule has 1 aliphatic rings. The third kappa shape index (κ3) is 3.29. The number of pyridine rings is 1. The van der Waals surface area contributed by atoms with Gasteiger partial charge in [0.05, 0.1) is 23.2 Å². The largest absolute Gasteiger partial charge is 0.454 e. The smallest absolute Gasteiger partial charge is 0.339 e. The van der Waals surface area contributed by atoms with Gasteiger partial charge in [0.15, 0.2) is 18.1 Å². The third-order valence-electron chi connectivity index (χ3n) is 4.67. The molecular weight excluding hydrogens is 346 g/mol. The molecule has 0 spiro atoms. The van der Waals surface area contributed by atoms with Gasteiger partial charge in [-0.15, -0.1) is 5.10 Å². The number of carbonyl (C=O) groups is 1. The van der Waals surface area contributed by atoms with Crippen molar-refractivity contribution < 1.29 is 9.53 Å². The molecule has 1 fully saturated rings. The summed E-state index contributed by atoms with van der Waals surface area (Å²) >= 11 is 0. The molecule has 0 atom stereocenters. The highest BCUT2D eigenvalue weighted by Crippen LogP contribution is 2.34. The van der Waals surface area contributed by atoms with E-state index in [4.69, 9.17) is 9.72 Å². The molecule has 0 aliphatic heterocycles. The minimum Gasteiger partial charge on any atom is -0.454 e. The lowest BCUT2D eigenvalue weighted by Crippen LogP contribution is -2.12. The summed E-state index contributed by atoms with van der Waals surface area (Å²) in [4.78, 5) is 17.6. The molecule has 0 unspecified atom stereocenters. The molecule has 0 saturated heterocycles. The number of esters is 1. The Balaban J connectivity index is 1.65. The van der Waals surface area contributed by atoms with E-state index in [0.717, 1.165) is 18.5 Å². The van der Waals surface area contributed by atoms with Gasteiger partial charge in [0.1, 0.15) is 0 Å². The monoisotopic (exact) mass is 369 g/mol. The summed E-state index contributed by atoms with van der Waals surface area (Å²) in [6, 6.07) is 2.27. The standard InChI is InChI=1S/C18H23N7O2/c1-10(2)15-7-13(14-8-19-24(11(3)4)17(14)20-15)18(26)27-9-16-21-22-23-25(16)12-5-6-12/h7-8,10-12H,5-6,9H2,1-4H3. The molecule has 142 valence electrons. The van der Waals surface area contributed by atoms with Gasteiger partial charge in [0.2, 0.25) is 0 Å². The van der Waals surface area contributed by atoms with Crippen molar-refractivity contribution >= 4 is 17.0 Å². The third-order valence-corrected chi connectivity index (χ3v) is 4.67. The molecule has 1 aliphatic carbocycles. The van der Waals surface area contributed by atoms with Crippen LogP contribution in [0.2, 0.25) is 0 Å². The second-order valence-corrected chi connectivity index (χ2v) is 7.52. The van der Waals surface area contributed by atoms with Crippen LogP contribution in [0, 0.1) is 0 Å².